The van der Waals surface area contributed by atoms with Crippen molar-refractivity contribution in [2.24, 2.45) is 0 Å². The summed E-state index contributed by atoms with van der Waals surface area (Å²) in [5, 5.41) is 2.04. The molecule has 37 heavy (non-hydrogen) atoms. The van der Waals surface area contributed by atoms with Gasteiger partial charge in [0.15, 0.2) is 0 Å². The molecule has 0 spiro atoms. The molecule has 0 saturated carbocycles. The highest BCUT2D eigenvalue weighted by Gasteiger charge is 2.34. The van der Waals surface area contributed by atoms with Crippen LogP contribution in [0.3, 0.4) is 0 Å². The van der Waals surface area contributed by atoms with Gasteiger partial charge in [-0.1, -0.05) is 63.4 Å². The summed E-state index contributed by atoms with van der Waals surface area (Å²) in [7, 11) is 1.51. The molecule has 0 unspecified atom stereocenters. The van der Waals surface area contributed by atoms with Crippen molar-refractivity contribution in [3.8, 4) is 5.75 Å². The number of carbonyl (C=O) groups excluding carboxylic acids is 3. The third-order valence-electron chi connectivity index (χ3n) is 6.22. The van der Waals surface area contributed by atoms with Gasteiger partial charge in [-0.2, -0.15) is 0 Å². The fourth-order valence-corrected chi connectivity index (χ4v) is 5.52. The first-order chi connectivity index (χ1) is 17.8. The van der Waals surface area contributed by atoms with Gasteiger partial charge in [-0.3, -0.25) is 19.3 Å². The van der Waals surface area contributed by atoms with Crippen LogP contribution in [0, 0.1) is 0 Å². The summed E-state index contributed by atoms with van der Waals surface area (Å²) in [6.45, 7) is -0.0235. The molecule has 4 aromatic carbocycles. The largest absolute Gasteiger partial charge is 0.495 e. The fourth-order valence-electron chi connectivity index (χ4n) is 4.53. The fraction of sp³-hybridized carbons (Fsp3) is 0.107. The van der Waals surface area contributed by atoms with E-state index in [0.29, 0.717) is 38.0 Å². The molecule has 0 fully saturated rings. The number of nitrogens with zero attached hydrogens (tertiary/aromatic N) is 2. The number of benzene rings is 4. The van der Waals surface area contributed by atoms with E-state index in [1.807, 2.05) is 6.07 Å². The van der Waals surface area contributed by atoms with Crippen LogP contribution in [0.2, 0.25) is 10.0 Å². The summed E-state index contributed by atoms with van der Waals surface area (Å²) >= 11 is 15.8. The van der Waals surface area contributed by atoms with Crippen LogP contribution < -0.4 is 9.64 Å². The van der Waals surface area contributed by atoms with Crippen molar-refractivity contribution in [2.45, 2.75) is 0 Å². The predicted octanol–water partition coefficient (Wildman–Crippen LogP) is 6.86. The standard InChI is InChI=1S/C28H19BrCl2N2O4/c1-37-24-8-3-2-7-23(24)32(26(34)16-13-17(30)15-18(31)14-16)11-12-33-27(35)20-6-4-5-19-22(29)10-9-21(25(19)20)28(33)36/h2-10,13-15H,11-12H2,1H3. The predicted molar refractivity (Wildman–Crippen MR) is 148 cm³/mol. The normalized spacial score (nSPS) is 12.7. The molecule has 5 rings (SSSR count). The van der Waals surface area contributed by atoms with E-state index < -0.39 is 17.7 Å². The highest BCUT2D eigenvalue weighted by Crippen LogP contribution is 2.35. The first-order valence-electron chi connectivity index (χ1n) is 11.3. The Kier molecular flexibility index (Phi) is 6.94. The Bertz CT molecular complexity index is 1550. The maximum absolute atomic E-state index is 13.7. The lowest BCUT2D eigenvalue weighted by molar-refractivity contribution is 0.0611. The van der Waals surface area contributed by atoms with Gasteiger partial charge in [0.1, 0.15) is 5.75 Å². The first kappa shape index (κ1) is 25.3. The summed E-state index contributed by atoms with van der Waals surface area (Å²) < 4.78 is 6.29. The van der Waals surface area contributed by atoms with Gasteiger partial charge in [0.25, 0.3) is 17.7 Å². The molecule has 0 saturated heterocycles. The highest BCUT2D eigenvalue weighted by molar-refractivity contribution is 9.10. The Hall–Kier alpha value is -3.39. The average Bonchev–Trinajstić information content (AvgIpc) is 2.89. The van der Waals surface area contributed by atoms with Crippen LogP contribution in [-0.4, -0.2) is 42.8 Å². The number of halogens is 3. The summed E-state index contributed by atoms with van der Waals surface area (Å²) in [5.74, 6) is -0.781. The van der Waals surface area contributed by atoms with Crippen molar-refractivity contribution < 1.29 is 19.1 Å². The Balaban J connectivity index is 1.52. The summed E-state index contributed by atoms with van der Waals surface area (Å²) in [5.41, 5.74) is 1.62. The van der Waals surface area contributed by atoms with Crippen LogP contribution in [0.1, 0.15) is 31.1 Å². The highest BCUT2D eigenvalue weighted by atomic mass is 79.9. The van der Waals surface area contributed by atoms with Gasteiger partial charge in [-0.15, -0.1) is 0 Å². The molecule has 6 nitrogen and oxygen atoms in total. The maximum Gasteiger partial charge on any atom is 0.261 e. The smallest absolute Gasteiger partial charge is 0.261 e. The summed E-state index contributed by atoms with van der Waals surface area (Å²) in [6.07, 6.45) is 0. The van der Waals surface area contributed by atoms with E-state index in [1.54, 1.807) is 48.5 Å². The lowest BCUT2D eigenvalue weighted by Crippen LogP contribution is -2.46. The third kappa shape index (κ3) is 4.59. The summed E-state index contributed by atoms with van der Waals surface area (Å²) in [4.78, 5) is 43.2. The minimum atomic E-state index is -0.417. The van der Waals surface area contributed by atoms with Crippen LogP contribution in [0.25, 0.3) is 10.8 Å². The number of imide groups is 1. The second kappa shape index (κ2) is 10.2. The van der Waals surface area contributed by atoms with Crippen molar-refractivity contribution in [1.82, 2.24) is 4.90 Å². The van der Waals surface area contributed by atoms with E-state index >= 15 is 0 Å². The second-order valence-electron chi connectivity index (χ2n) is 8.37. The van der Waals surface area contributed by atoms with E-state index in [4.69, 9.17) is 27.9 Å². The molecule has 1 heterocycles. The maximum atomic E-state index is 13.7. The molecule has 3 amide bonds. The average molecular weight is 598 g/mol. The molecular weight excluding hydrogens is 579 g/mol. The lowest BCUT2D eigenvalue weighted by Gasteiger charge is -2.31. The number of carbonyl (C=O) groups is 3. The van der Waals surface area contributed by atoms with E-state index in [1.165, 1.54) is 35.1 Å². The zero-order chi connectivity index (χ0) is 26.3. The van der Waals surface area contributed by atoms with Gasteiger partial charge in [-0.25, -0.2) is 0 Å². The van der Waals surface area contributed by atoms with E-state index in [9.17, 15) is 14.4 Å². The Morgan fingerprint density at radius 3 is 2.30 bits per heavy atom. The number of anilines is 1. The van der Waals surface area contributed by atoms with Crippen molar-refractivity contribution in [3.63, 3.8) is 0 Å². The molecule has 9 heteroatoms. The topological polar surface area (TPSA) is 66.9 Å². The number of hydrogen-bond donors (Lipinski definition) is 0. The molecule has 0 aromatic heterocycles. The van der Waals surface area contributed by atoms with Crippen LogP contribution in [-0.2, 0) is 0 Å². The number of hydrogen-bond acceptors (Lipinski definition) is 4. The molecular formula is C28H19BrCl2N2O4. The van der Waals surface area contributed by atoms with Gasteiger partial charge in [-0.05, 0) is 53.9 Å². The van der Waals surface area contributed by atoms with Crippen molar-refractivity contribution in [1.29, 1.82) is 0 Å². The molecule has 0 atom stereocenters. The molecule has 0 aliphatic carbocycles. The molecule has 1 aliphatic heterocycles. The van der Waals surface area contributed by atoms with Crippen LogP contribution in [0.5, 0.6) is 5.75 Å². The SMILES string of the molecule is COc1ccccc1N(CCN1C(=O)c2cccc3c(Br)ccc(c23)C1=O)C(=O)c1cc(Cl)cc(Cl)c1. The minimum Gasteiger partial charge on any atom is -0.495 e. The number of amides is 3. The molecule has 0 radical (unpaired) electrons. The van der Waals surface area contributed by atoms with Gasteiger partial charge >= 0.3 is 0 Å². The van der Waals surface area contributed by atoms with Gasteiger partial charge < -0.3 is 9.64 Å². The molecule has 4 aromatic rings. The van der Waals surface area contributed by atoms with E-state index in [2.05, 4.69) is 15.9 Å². The van der Waals surface area contributed by atoms with Crippen molar-refractivity contribution in [3.05, 3.63) is 104 Å². The Morgan fingerprint density at radius 2 is 1.59 bits per heavy atom. The third-order valence-corrected chi connectivity index (χ3v) is 7.34. The van der Waals surface area contributed by atoms with Crippen molar-refractivity contribution >= 4 is 73.3 Å². The molecule has 186 valence electrons. The van der Waals surface area contributed by atoms with Crippen LogP contribution >= 0.6 is 39.1 Å². The van der Waals surface area contributed by atoms with Gasteiger partial charge in [0, 0.05) is 49.7 Å². The molecule has 0 bridgehead atoms. The van der Waals surface area contributed by atoms with E-state index in [0.717, 1.165) is 9.86 Å². The number of para-hydroxylation sites is 2. The Morgan fingerprint density at radius 1 is 0.919 bits per heavy atom. The monoisotopic (exact) mass is 596 g/mol. The number of ether oxygens (including phenoxy) is 1. The summed E-state index contributed by atoms with van der Waals surface area (Å²) in [6, 6.07) is 20.4. The van der Waals surface area contributed by atoms with E-state index in [-0.39, 0.29) is 18.7 Å². The zero-order valence-corrected chi connectivity index (χ0v) is 22.6. The molecule has 1 aliphatic rings. The van der Waals surface area contributed by atoms with Crippen molar-refractivity contribution in [2.75, 3.05) is 25.1 Å². The van der Waals surface area contributed by atoms with Gasteiger partial charge in [0.05, 0.1) is 12.8 Å². The lowest BCUT2D eigenvalue weighted by atomic mass is 9.94. The second-order valence-corrected chi connectivity index (χ2v) is 10.1. The number of rotatable bonds is 6. The van der Waals surface area contributed by atoms with Crippen LogP contribution in [0.15, 0.2) is 77.3 Å². The van der Waals surface area contributed by atoms with Gasteiger partial charge in [0.2, 0.25) is 0 Å². The Labute approximate surface area is 231 Å². The zero-order valence-electron chi connectivity index (χ0n) is 19.5. The molecule has 0 N–H and O–H groups in total. The van der Waals surface area contributed by atoms with Crippen LogP contribution in [0.4, 0.5) is 5.69 Å². The minimum absolute atomic E-state index is 0.0165. The first-order valence-corrected chi connectivity index (χ1v) is 12.8. The quantitative estimate of drug-likeness (QED) is 0.228. The number of methoxy groups -OCH3 is 1.